The van der Waals surface area contributed by atoms with E-state index in [1.54, 1.807) is 0 Å². The van der Waals surface area contributed by atoms with Gasteiger partial charge in [0.25, 0.3) is 0 Å². The van der Waals surface area contributed by atoms with Crippen LogP contribution in [0, 0.1) is 0 Å². The highest BCUT2D eigenvalue weighted by atomic mass is 19.4. The van der Waals surface area contributed by atoms with Gasteiger partial charge in [0.05, 0.1) is 28.3 Å². The molecule has 0 amide bonds. The number of hydrogen-bond acceptors (Lipinski definition) is 4. The first-order valence-corrected chi connectivity index (χ1v) is 6.73. The highest BCUT2D eigenvalue weighted by molar-refractivity contribution is 5.98. The second-order valence-electron chi connectivity index (χ2n) is 5.18. The standard InChI is InChI=1S/C15H13F3N2O4/c1-6-9(13(21)22)11(10(14(23)24)7(2)20-6)12-8(15(16,17)18)4-3-5-19-12/h3-5,11,20H,1-2H3,(H,21,22)(H,23,24). The van der Waals surface area contributed by atoms with Crippen molar-refractivity contribution in [1.29, 1.82) is 0 Å². The molecule has 2 heterocycles. The first-order valence-electron chi connectivity index (χ1n) is 6.73. The van der Waals surface area contributed by atoms with E-state index in [1.165, 1.54) is 13.8 Å². The fourth-order valence-electron chi connectivity index (χ4n) is 2.72. The summed E-state index contributed by atoms with van der Waals surface area (Å²) < 4.78 is 39.8. The van der Waals surface area contributed by atoms with Gasteiger partial charge >= 0.3 is 18.1 Å². The fourth-order valence-corrected chi connectivity index (χ4v) is 2.72. The molecule has 9 heteroatoms. The van der Waals surface area contributed by atoms with Gasteiger partial charge in [-0.05, 0) is 26.0 Å². The topological polar surface area (TPSA) is 99.5 Å². The third-order valence-corrected chi connectivity index (χ3v) is 3.64. The van der Waals surface area contributed by atoms with Crippen molar-refractivity contribution in [3.63, 3.8) is 0 Å². The maximum Gasteiger partial charge on any atom is 0.418 e. The number of nitrogens with zero attached hydrogens (tertiary/aromatic N) is 1. The number of halogens is 3. The van der Waals surface area contributed by atoms with Crippen molar-refractivity contribution in [2.75, 3.05) is 0 Å². The lowest BCUT2D eigenvalue weighted by molar-refractivity contribution is -0.140. The molecule has 0 fully saturated rings. The Morgan fingerprint density at radius 3 is 2.04 bits per heavy atom. The number of rotatable bonds is 3. The van der Waals surface area contributed by atoms with Crippen LogP contribution in [-0.2, 0) is 15.8 Å². The lowest BCUT2D eigenvalue weighted by atomic mass is 9.81. The normalized spacial score (nSPS) is 16.2. The van der Waals surface area contributed by atoms with Crippen LogP contribution in [0.3, 0.4) is 0 Å². The Morgan fingerprint density at radius 1 is 1.12 bits per heavy atom. The van der Waals surface area contributed by atoms with Gasteiger partial charge in [-0.15, -0.1) is 0 Å². The summed E-state index contributed by atoms with van der Waals surface area (Å²) in [5.41, 5.74) is -2.66. The largest absolute Gasteiger partial charge is 0.478 e. The Balaban J connectivity index is 2.82. The number of hydrogen-bond donors (Lipinski definition) is 3. The fraction of sp³-hybridized carbons (Fsp3) is 0.267. The smallest absolute Gasteiger partial charge is 0.418 e. The van der Waals surface area contributed by atoms with Crippen LogP contribution in [0.5, 0.6) is 0 Å². The molecule has 1 aromatic rings. The minimum absolute atomic E-state index is 0.0637. The number of aliphatic carboxylic acids is 2. The summed E-state index contributed by atoms with van der Waals surface area (Å²) in [4.78, 5) is 26.8. The van der Waals surface area contributed by atoms with Gasteiger partial charge in [-0.25, -0.2) is 9.59 Å². The molecule has 128 valence electrons. The molecule has 0 bridgehead atoms. The summed E-state index contributed by atoms with van der Waals surface area (Å²) in [5.74, 6) is -4.68. The van der Waals surface area contributed by atoms with Gasteiger partial charge in [0, 0.05) is 17.6 Å². The Kier molecular flexibility index (Phi) is 4.37. The molecule has 0 spiro atoms. The van der Waals surface area contributed by atoms with Gasteiger partial charge < -0.3 is 15.5 Å². The highest BCUT2D eigenvalue weighted by Gasteiger charge is 2.43. The molecule has 6 nitrogen and oxygen atoms in total. The molecule has 24 heavy (non-hydrogen) atoms. The molecule has 0 aliphatic carbocycles. The van der Waals surface area contributed by atoms with E-state index >= 15 is 0 Å². The number of nitrogens with one attached hydrogen (secondary N) is 1. The highest BCUT2D eigenvalue weighted by Crippen LogP contribution is 2.42. The first-order chi connectivity index (χ1) is 11.1. The first kappa shape index (κ1) is 17.5. The van der Waals surface area contributed by atoms with E-state index in [0.29, 0.717) is 0 Å². The zero-order valence-corrected chi connectivity index (χ0v) is 12.6. The van der Waals surface area contributed by atoms with E-state index in [4.69, 9.17) is 0 Å². The van der Waals surface area contributed by atoms with Gasteiger partial charge in [-0.2, -0.15) is 13.2 Å². The molecule has 0 unspecified atom stereocenters. The quantitative estimate of drug-likeness (QED) is 0.780. The van der Waals surface area contributed by atoms with Crippen LogP contribution in [0.4, 0.5) is 13.2 Å². The van der Waals surface area contributed by atoms with Crippen molar-refractivity contribution in [3.8, 4) is 0 Å². The summed E-state index contributed by atoms with van der Waals surface area (Å²) in [5, 5.41) is 21.4. The molecule has 0 radical (unpaired) electrons. The van der Waals surface area contributed by atoms with E-state index in [1.807, 2.05) is 0 Å². The van der Waals surface area contributed by atoms with E-state index in [0.717, 1.165) is 18.3 Å². The molecule has 0 aromatic carbocycles. The molecule has 2 rings (SSSR count). The van der Waals surface area contributed by atoms with Crippen molar-refractivity contribution < 1.29 is 33.0 Å². The predicted octanol–water partition coefficient (Wildman–Crippen LogP) is 2.50. The maximum absolute atomic E-state index is 13.3. The van der Waals surface area contributed by atoms with Gasteiger partial charge in [0.2, 0.25) is 0 Å². The second-order valence-corrected chi connectivity index (χ2v) is 5.18. The Bertz CT molecular complexity index is 745. The predicted molar refractivity (Wildman–Crippen MR) is 75.8 cm³/mol. The third kappa shape index (κ3) is 2.97. The SMILES string of the molecule is CC1=C(C(=O)O)C(c2ncccc2C(F)(F)F)C(C(=O)O)=C(C)N1. The van der Waals surface area contributed by atoms with Crippen molar-refractivity contribution in [2.45, 2.75) is 25.9 Å². The van der Waals surface area contributed by atoms with Crippen molar-refractivity contribution in [2.24, 2.45) is 0 Å². The number of dihydropyridines is 1. The Labute approximate surface area is 134 Å². The molecular formula is C15H13F3N2O4. The summed E-state index contributed by atoms with van der Waals surface area (Å²) in [7, 11) is 0. The lowest BCUT2D eigenvalue weighted by Crippen LogP contribution is -2.32. The van der Waals surface area contributed by atoms with Crippen molar-refractivity contribution >= 4 is 11.9 Å². The molecule has 1 aliphatic heterocycles. The van der Waals surface area contributed by atoms with Crippen LogP contribution >= 0.6 is 0 Å². The minimum atomic E-state index is -4.80. The molecule has 3 N–H and O–H groups in total. The second kappa shape index (κ2) is 5.99. The number of aromatic nitrogens is 1. The molecule has 1 aliphatic rings. The molecule has 0 saturated carbocycles. The van der Waals surface area contributed by atoms with E-state index in [-0.39, 0.29) is 11.4 Å². The number of alkyl halides is 3. The molecular weight excluding hydrogens is 329 g/mol. The zero-order chi connectivity index (χ0) is 18.2. The average Bonchev–Trinajstić information content (AvgIpc) is 2.44. The number of carbonyl (C=O) groups is 2. The molecule has 1 aromatic heterocycles. The van der Waals surface area contributed by atoms with Gasteiger partial charge in [-0.1, -0.05) is 0 Å². The van der Waals surface area contributed by atoms with Crippen LogP contribution in [0.25, 0.3) is 0 Å². The van der Waals surface area contributed by atoms with Crippen LogP contribution in [0.1, 0.15) is 31.0 Å². The van der Waals surface area contributed by atoms with E-state index in [2.05, 4.69) is 10.3 Å². The molecule has 0 atom stereocenters. The Morgan fingerprint density at radius 2 is 1.62 bits per heavy atom. The van der Waals surface area contributed by atoms with Crippen LogP contribution < -0.4 is 5.32 Å². The Hall–Kier alpha value is -2.84. The van der Waals surface area contributed by atoms with Crippen LogP contribution in [-0.4, -0.2) is 27.1 Å². The summed E-state index contributed by atoms with van der Waals surface area (Å²) >= 11 is 0. The van der Waals surface area contributed by atoms with Gasteiger partial charge in [0.15, 0.2) is 0 Å². The summed E-state index contributed by atoms with van der Waals surface area (Å²) in [6, 6.07) is 1.80. The van der Waals surface area contributed by atoms with Gasteiger partial charge in [0.1, 0.15) is 0 Å². The monoisotopic (exact) mass is 342 g/mol. The number of pyridine rings is 1. The summed E-state index contributed by atoms with van der Waals surface area (Å²) in [6.45, 7) is 2.71. The minimum Gasteiger partial charge on any atom is -0.478 e. The van der Waals surface area contributed by atoms with Crippen molar-refractivity contribution in [3.05, 3.63) is 52.1 Å². The van der Waals surface area contributed by atoms with E-state index in [9.17, 15) is 33.0 Å². The van der Waals surface area contributed by atoms with E-state index < -0.39 is 46.4 Å². The van der Waals surface area contributed by atoms with Crippen molar-refractivity contribution in [1.82, 2.24) is 10.3 Å². The van der Waals surface area contributed by atoms with Gasteiger partial charge in [-0.3, -0.25) is 4.98 Å². The van der Waals surface area contributed by atoms with Crippen LogP contribution in [0.15, 0.2) is 40.9 Å². The zero-order valence-electron chi connectivity index (χ0n) is 12.6. The average molecular weight is 342 g/mol. The van der Waals surface area contributed by atoms with Crippen LogP contribution in [0.2, 0.25) is 0 Å². The third-order valence-electron chi connectivity index (χ3n) is 3.64. The molecule has 0 saturated heterocycles. The number of carboxylic acids is 2. The lowest BCUT2D eigenvalue weighted by Gasteiger charge is -2.29. The summed E-state index contributed by atoms with van der Waals surface area (Å²) in [6.07, 6.45) is -3.74. The number of carboxylic acid groups (broad SMARTS) is 2. The maximum atomic E-state index is 13.3. The number of allylic oxidation sites excluding steroid dienone is 2.